The van der Waals surface area contributed by atoms with E-state index in [4.69, 9.17) is 11.6 Å². The Hall–Kier alpha value is -1.87. The van der Waals surface area contributed by atoms with Crippen molar-refractivity contribution >= 4 is 22.5 Å². The van der Waals surface area contributed by atoms with Gasteiger partial charge in [0.1, 0.15) is 11.9 Å². The maximum absolute atomic E-state index is 12.8. The summed E-state index contributed by atoms with van der Waals surface area (Å²) in [6.07, 6.45) is 0. The smallest absolute Gasteiger partial charge is 0.248 e. The van der Waals surface area contributed by atoms with Crippen LogP contribution in [0.5, 0.6) is 0 Å². The largest absolute Gasteiger partial charge is 0.371 e. The standard InChI is InChI=1S/C14H11ClFNO/c15-14(18)13(10-4-2-1-3-5-10)17-12-8-6-11(16)7-9-12/h1-9,13,17H. The summed E-state index contributed by atoms with van der Waals surface area (Å²) in [5.41, 5.74) is 1.40. The highest BCUT2D eigenvalue weighted by molar-refractivity contribution is 6.64. The van der Waals surface area contributed by atoms with Gasteiger partial charge in [0, 0.05) is 5.69 Å². The molecule has 0 amide bonds. The molecule has 0 spiro atoms. The molecule has 1 N–H and O–H groups in total. The van der Waals surface area contributed by atoms with Gasteiger partial charge >= 0.3 is 0 Å². The van der Waals surface area contributed by atoms with Gasteiger partial charge < -0.3 is 5.32 Å². The fraction of sp³-hybridized carbons (Fsp3) is 0.0714. The summed E-state index contributed by atoms with van der Waals surface area (Å²) in [5, 5.41) is 2.47. The summed E-state index contributed by atoms with van der Waals surface area (Å²) in [7, 11) is 0. The van der Waals surface area contributed by atoms with Crippen molar-refractivity contribution < 1.29 is 9.18 Å². The van der Waals surface area contributed by atoms with Crippen molar-refractivity contribution in [1.82, 2.24) is 0 Å². The van der Waals surface area contributed by atoms with E-state index in [-0.39, 0.29) is 5.82 Å². The fourth-order valence-corrected chi connectivity index (χ4v) is 1.81. The first-order chi connectivity index (χ1) is 8.66. The lowest BCUT2D eigenvalue weighted by atomic mass is 10.1. The maximum atomic E-state index is 12.8. The molecule has 0 saturated heterocycles. The fourth-order valence-electron chi connectivity index (χ4n) is 1.63. The minimum atomic E-state index is -0.640. The SMILES string of the molecule is O=C(Cl)C(Nc1ccc(F)cc1)c1ccccc1. The molecule has 2 nitrogen and oxygen atoms in total. The van der Waals surface area contributed by atoms with Gasteiger partial charge in [-0.05, 0) is 41.4 Å². The van der Waals surface area contributed by atoms with Crippen LogP contribution in [0.1, 0.15) is 11.6 Å². The van der Waals surface area contributed by atoms with Crippen LogP contribution in [0.25, 0.3) is 0 Å². The molecule has 18 heavy (non-hydrogen) atoms. The number of hydrogen-bond acceptors (Lipinski definition) is 2. The summed E-state index contributed by atoms with van der Waals surface area (Å²) in [6.45, 7) is 0. The second kappa shape index (κ2) is 5.65. The zero-order chi connectivity index (χ0) is 13.0. The molecule has 0 aliphatic rings. The molecule has 0 fully saturated rings. The van der Waals surface area contributed by atoms with Gasteiger partial charge in [0.25, 0.3) is 0 Å². The third-order valence-corrected chi connectivity index (χ3v) is 2.73. The normalized spacial score (nSPS) is 11.9. The molecular weight excluding hydrogens is 253 g/mol. The second-order valence-electron chi connectivity index (χ2n) is 3.80. The molecule has 2 aromatic rings. The third-order valence-electron chi connectivity index (χ3n) is 2.52. The summed E-state index contributed by atoms with van der Waals surface area (Å²) in [6, 6.07) is 14.3. The van der Waals surface area contributed by atoms with Crippen molar-refractivity contribution in [3.8, 4) is 0 Å². The molecule has 0 radical (unpaired) electrons. The number of carbonyl (C=O) groups is 1. The Labute approximate surface area is 109 Å². The van der Waals surface area contributed by atoms with Crippen LogP contribution in [0.3, 0.4) is 0 Å². The number of benzene rings is 2. The van der Waals surface area contributed by atoms with Crippen LogP contribution in [-0.4, -0.2) is 5.24 Å². The van der Waals surface area contributed by atoms with Crippen molar-refractivity contribution in [2.75, 3.05) is 5.32 Å². The van der Waals surface area contributed by atoms with Crippen LogP contribution in [0, 0.1) is 5.82 Å². The van der Waals surface area contributed by atoms with Crippen molar-refractivity contribution in [2.24, 2.45) is 0 Å². The Balaban J connectivity index is 2.22. The molecule has 2 aromatic carbocycles. The van der Waals surface area contributed by atoms with Crippen molar-refractivity contribution in [1.29, 1.82) is 0 Å². The minimum Gasteiger partial charge on any atom is -0.371 e. The highest BCUT2D eigenvalue weighted by atomic mass is 35.5. The molecule has 2 rings (SSSR count). The molecule has 1 atom stereocenters. The van der Waals surface area contributed by atoms with Crippen LogP contribution < -0.4 is 5.32 Å². The number of nitrogens with one attached hydrogen (secondary N) is 1. The molecule has 1 unspecified atom stereocenters. The van der Waals surface area contributed by atoms with Crippen LogP contribution in [0.15, 0.2) is 54.6 Å². The first-order valence-corrected chi connectivity index (χ1v) is 5.81. The maximum Gasteiger partial charge on any atom is 0.248 e. The van der Waals surface area contributed by atoms with E-state index in [0.717, 1.165) is 5.56 Å². The van der Waals surface area contributed by atoms with Crippen molar-refractivity contribution in [3.63, 3.8) is 0 Å². The summed E-state index contributed by atoms with van der Waals surface area (Å²) in [5.74, 6) is -0.325. The van der Waals surface area contributed by atoms with E-state index in [1.807, 2.05) is 30.3 Å². The van der Waals surface area contributed by atoms with E-state index in [1.54, 1.807) is 12.1 Å². The highest BCUT2D eigenvalue weighted by Crippen LogP contribution is 2.21. The summed E-state index contributed by atoms with van der Waals surface area (Å²) < 4.78 is 12.8. The van der Waals surface area contributed by atoms with Gasteiger partial charge in [-0.2, -0.15) is 0 Å². The molecule has 0 heterocycles. The quantitative estimate of drug-likeness (QED) is 0.852. The lowest BCUT2D eigenvalue weighted by Crippen LogP contribution is -2.16. The molecule has 0 aliphatic heterocycles. The van der Waals surface area contributed by atoms with E-state index in [9.17, 15) is 9.18 Å². The monoisotopic (exact) mass is 263 g/mol. The zero-order valence-corrected chi connectivity index (χ0v) is 10.2. The van der Waals surface area contributed by atoms with Crippen molar-refractivity contribution in [3.05, 3.63) is 66.0 Å². The average molecular weight is 264 g/mol. The van der Waals surface area contributed by atoms with Crippen LogP contribution in [-0.2, 0) is 4.79 Å². The predicted molar refractivity (Wildman–Crippen MR) is 70.1 cm³/mol. The van der Waals surface area contributed by atoms with Crippen LogP contribution >= 0.6 is 11.6 Å². The van der Waals surface area contributed by atoms with E-state index in [1.165, 1.54) is 12.1 Å². The summed E-state index contributed by atoms with van der Waals surface area (Å²) in [4.78, 5) is 11.4. The predicted octanol–water partition coefficient (Wildman–Crippen LogP) is 3.74. The van der Waals surface area contributed by atoms with Crippen LogP contribution in [0.2, 0.25) is 0 Å². The Bertz CT molecular complexity index is 527. The Morgan fingerprint density at radius 1 is 1.06 bits per heavy atom. The molecule has 92 valence electrons. The van der Waals surface area contributed by atoms with Gasteiger partial charge in [0.05, 0.1) is 0 Å². The molecule has 0 saturated carbocycles. The molecular formula is C14H11ClFNO. The van der Waals surface area contributed by atoms with Gasteiger partial charge in [-0.25, -0.2) is 4.39 Å². The van der Waals surface area contributed by atoms with Crippen LogP contribution in [0.4, 0.5) is 10.1 Å². The number of carbonyl (C=O) groups excluding carboxylic acids is 1. The van der Waals surface area contributed by atoms with Crippen molar-refractivity contribution in [2.45, 2.75) is 6.04 Å². The third kappa shape index (κ3) is 3.08. The average Bonchev–Trinajstić information content (AvgIpc) is 2.38. The second-order valence-corrected chi connectivity index (χ2v) is 4.17. The number of rotatable bonds is 4. The first kappa shape index (κ1) is 12.6. The van der Waals surface area contributed by atoms with E-state index < -0.39 is 11.3 Å². The van der Waals surface area contributed by atoms with Gasteiger partial charge in [0.2, 0.25) is 5.24 Å². The van der Waals surface area contributed by atoms with E-state index >= 15 is 0 Å². The number of hydrogen-bond donors (Lipinski definition) is 1. The number of anilines is 1. The Kier molecular flexibility index (Phi) is 3.95. The highest BCUT2D eigenvalue weighted by Gasteiger charge is 2.17. The molecule has 0 bridgehead atoms. The van der Waals surface area contributed by atoms with E-state index in [2.05, 4.69) is 5.32 Å². The number of halogens is 2. The van der Waals surface area contributed by atoms with Gasteiger partial charge in [-0.1, -0.05) is 30.3 Å². The molecule has 0 aliphatic carbocycles. The summed E-state index contributed by atoms with van der Waals surface area (Å²) >= 11 is 5.58. The zero-order valence-electron chi connectivity index (χ0n) is 9.44. The molecule has 0 aromatic heterocycles. The topological polar surface area (TPSA) is 29.1 Å². The lowest BCUT2D eigenvalue weighted by molar-refractivity contribution is -0.112. The van der Waals surface area contributed by atoms with E-state index in [0.29, 0.717) is 5.69 Å². The van der Waals surface area contributed by atoms with Gasteiger partial charge in [0.15, 0.2) is 0 Å². The Morgan fingerprint density at radius 3 is 2.22 bits per heavy atom. The lowest BCUT2D eigenvalue weighted by Gasteiger charge is -2.16. The Morgan fingerprint density at radius 2 is 1.67 bits per heavy atom. The van der Waals surface area contributed by atoms with Gasteiger partial charge in [-0.3, -0.25) is 4.79 Å². The van der Waals surface area contributed by atoms with Gasteiger partial charge in [-0.15, -0.1) is 0 Å². The first-order valence-electron chi connectivity index (χ1n) is 5.43. The minimum absolute atomic E-state index is 0.325. The molecule has 4 heteroatoms.